The second-order valence-electron chi connectivity index (χ2n) is 4.11. The molecule has 0 saturated carbocycles. The summed E-state index contributed by atoms with van der Waals surface area (Å²) >= 11 is 0. The molecule has 5 heteroatoms. The van der Waals surface area contributed by atoms with Gasteiger partial charge in [-0.1, -0.05) is 0 Å². The highest BCUT2D eigenvalue weighted by molar-refractivity contribution is 5.44. The minimum atomic E-state index is 0.00375. The monoisotopic (exact) mass is 208 g/mol. The first-order valence-corrected chi connectivity index (χ1v) is 5.17. The van der Waals surface area contributed by atoms with E-state index in [-0.39, 0.29) is 5.56 Å². The molecule has 0 bridgehead atoms. The summed E-state index contributed by atoms with van der Waals surface area (Å²) in [6.07, 6.45) is 1.83. The minimum absolute atomic E-state index is 0.00375. The summed E-state index contributed by atoms with van der Waals surface area (Å²) in [6, 6.07) is 0. The van der Waals surface area contributed by atoms with Gasteiger partial charge < -0.3 is 15.2 Å². The molecule has 0 spiro atoms. The second kappa shape index (κ2) is 4.02. The number of nitrogens with zero attached hydrogens (tertiary/aromatic N) is 2. The molecule has 0 radical (unpaired) electrons. The van der Waals surface area contributed by atoms with E-state index >= 15 is 0 Å². The third kappa shape index (κ3) is 2.18. The first-order valence-electron chi connectivity index (χ1n) is 5.17. The molecule has 82 valence electrons. The van der Waals surface area contributed by atoms with E-state index in [1.807, 2.05) is 19.0 Å². The van der Waals surface area contributed by atoms with Gasteiger partial charge in [0.05, 0.1) is 12.1 Å². The zero-order valence-corrected chi connectivity index (χ0v) is 9.13. The lowest BCUT2D eigenvalue weighted by Gasteiger charge is -2.17. The fraction of sp³-hybridized carbons (Fsp3) is 0.600. The van der Waals surface area contributed by atoms with Crippen LogP contribution >= 0.6 is 0 Å². The Hall–Kier alpha value is -1.36. The van der Waals surface area contributed by atoms with Crippen molar-refractivity contribution in [1.82, 2.24) is 14.9 Å². The Bertz CT molecular complexity index is 410. The highest BCUT2D eigenvalue weighted by atomic mass is 16.1. The highest BCUT2D eigenvalue weighted by Crippen LogP contribution is 2.14. The van der Waals surface area contributed by atoms with E-state index in [0.717, 1.165) is 36.6 Å². The van der Waals surface area contributed by atoms with Crippen molar-refractivity contribution >= 4 is 5.82 Å². The van der Waals surface area contributed by atoms with Gasteiger partial charge >= 0.3 is 0 Å². The van der Waals surface area contributed by atoms with Crippen molar-refractivity contribution < 1.29 is 0 Å². The summed E-state index contributed by atoms with van der Waals surface area (Å²) in [7, 11) is 3.90. The summed E-state index contributed by atoms with van der Waals surface area (Å²) in [5, 5.41) is 3.17. The van der Waals surface area contributed by atoms with Gasteiger partial charge in [0.25, 0.3) is 5.56 Å². The van der Waals surface area contributed by atoms with Crippen molar-refractivity contribution in [3.05, 3.63) is 21.7 Å². The first kappa shape index (κ1) is 10.2. The molecule has 0 fully saturated rings. The number of nitrogens with one attached hydrogen (secondary N) is 2. The lowest BCUT2D eigenvalue weighted by atomic mass is 10.1. The van der Waals surface area contributed by atoms with Crippen LogP contribution in [0.1, 0.15) is 17.8 Å². The van der Waals surface area contributed by atoms with Crippen LogP contribution in [0.2, 0.25) is 0 Å². The Kier molecular flexibility index (Phi) is 2.73. The summed E-state index contributed by atoms with van der Waals surface area (Å²) in [5.41, 5.74) is 0.799. The maximum Gasteiger partial charge on any atom is 0.256 e. The van der Waals surface area contributed by atoms with Crippen LogP contribution in [0.4, 0.5) is 5.82 Å². The van der Waals surface area contributed by atoms with Gasteiger partial charge in [-0.15, -0.1) is 0 Å². The minimum Gasteiger partial charge on any atom is -0.370 e. The maximum absolute atomic E-state index is 11.7. The largest absolute Gasteiger partial charge is 0.370 e. The summed E-state index contributed by atoms with van der Waals surface area (Å²) in [5.74, 6) is 1.49. The molecule has 0 amide bonds. The zero-order chi connectivity index (χ0) is 10.8. The Morgan fingerprint density at radius 2 is 2.27 bits per heavy atom. The maximum atomic E-state index is 11.7. The van der Waals surface area contributed by atoms with Gasteiger partial charge in [0, 0.05) is 6.54 Å². The van der Waals surface area contributed by atoms with Crippen LogP contribution in [-0.4, -0.2) is 35.5 Å². The van der Waals surface area contributed by atoms with Crippen molar-refractivity contribution in [1.29, 1.82) is 0 Å². The van der Waals surface area contributed by atoms with E-state index in [9.17, 15) is 4.79 Å². The lowest BCUT2D eigenvalue weighted by molar-refractivity contribution is 0.389. The van der Waals surface area contributed by atoms with Crippen LogP contribution in [0.15, 0.2) is 4.79 Å². The van der Waals surface area contributed by atoms with Crippen LogP contribution in [0.3, 0.4) is 0 Å². The van der Waals surface area contributed by atoms with Crippen LogP contribution in [-0.2, 0) is 13.0 Å². The molecule has 1 aromatic heterocycles. The van der Waals surface area contributed by atoms with E-state index in [2.05, 4.69) is 15.3 Å². The standard InChI is InChI=1S/C10H16N4O/c1-14(2)6-8-12-9-7(10(15)13-8)4-3-5-11-9/h3-6H2,1-2H3,(H2,11,12,13,15). The fourth-order valence-corrected chi connectivity index (χ4v) is 1.77. The molecule has 0 atom stereocenters. The van der Waals surface area contributed by atoms with E-state index in [4.69, 9.17) is 0 Å². The van der Waals surface area contributed by atoms with Crippen LogP contribution in [0.25, 0.3) is 0 Å². The number of H-pyrrole nitrogens is 1. The molecule has 15 heavy (non-hydrogen) atoms. The summed E-state index contributed by atoms with van der Waals surface area (Å²) < 4.78 is 0. The van der Waals surface area contributed by atoms with Crippen LogP contribution < -0.4 is 10.9 Å². The average molecular weight is 208 g/mol. The number of fused-ring (bicyclic) bond motifs is 1. The number of hydrogen-bond acceptors (Lipinski definition) is 4. The molecule has 0 unspecified atom stereocenters. The number of hydrogen-bond donors (Lipinski definition) is 2. The van der Waals surface area contributed by atoms with E-state index in [0.29, 0.717) is 6.54 Å². The third-order valence-corrected chi connectivity index (χ3v) is 2.43. The van der Waals surface area contributed by atoms with Gasteiger partial charge in [0.15, 0.2) is 0 Å². The molecule has 1 aromatic rings. The molecule has 0 aliphatic carbocycles. The van der Waals surface area contributed by atoms with Crippen molar-refractivity contribution in [3.63, 3.8) is 0 Å². The van der Waals surface area contributed by atoms with Crippen molar-refractivity contribution in [2.75, 3.05) is 26.0 Å². The molecule has 5 nitrogen and oxygen atoms in total. The Morgan fingerprint density at radius 3 is 3.00 bits per heavy atom. The lowest BCUT2D eigenvalue weighted by Crippen LogP contribution is -2.26. The number of rotatable bonds is 2. The Balaban J connectivity index is 2.36. The number of anilines is 1. The molecule has 0 aromatic carbocycles. The van der Waals surface area contributed by atoms with Crippen LogP contribution in [0.5, 0.6) is 0 Å². The Morgan fingerprint density at radius 1 is 1.47 bits per heavy atom. The fourth-order valence-electron chi connectivity index (χ4n) is 1.77. The SMILES string of the molecule is CN(C)Cc1nc2c(c(=O)[nH]1)CCCN2. The normalized spacial score (nSPS) is 14.9. The van der Waals surface area contributed by atoms with Gasteiger partial charge in [0.1, 0.15) is 11.6 Å². The average Bonchev–Trinajstić information content (AvgIpc) is 2.16. The smallest absolute Gasteiger partial charge is 0.256 e. The van der Waals surface area contributed by atoms with E-state index < -0.39 is 0 Å². The summed E-state index contributed by atoms with van der Waals surface area (Å²) in [4.78, 5) is 20.9. The van der Waals surface area contributed by atoms with Crippen LogP contribution in [0, 0.1) is 0 Å². The zero-order valence-electron chi connectivity index (χ0n) is 9.13. The number of aromatic amines is 1. The molecule has 2 N–H and O–H groups in total. The van der Waals surface area contributed by atoms with Crippen molar-refractivity contribution in [3.8, 4) is 0 Å². The molecule has 1 aliphatic rings. The Labute approximate surface area is 88.5 Å². The van der Waals surface area contributed by atoms with Gasteiger partial charge in [-0.05, 0) is 26.9 Å². The van der Waals surface area contributed by atoms with Gasteiger partial charge in [-0.2, -0.15) is 0 Å². The number of aromatic nitrogens is 2. The summed E-state index contributed by atoms with van der Waals surface area (Å²) in [6.45, 7) is 1.56. The molecule has 1 aliphatic heterocycles. The highest BCUT2D eigenvalue weighted by Gasteiger charge is 2.14. The van der Waals surface area contributed by atoms with Gasteiger partial charge in [-0.25, -0.2) is 4.98 Å². The predicted molar refractivity (Wildman–Crippen MR) is 59.1 cm³/mol. The first-order chi connectivity index (χ1) is 7.16. The molecule has 2 rings (SSSR count). The molecular formula is C10H16N4O. The predicted octanol–water partition coefficient (Wildman–Crippen LogP) is 0.190. The second-order valence-corrected chi connectivity index (χ2v) is 4.11. The van der Waals surface area contributed by atoms with Crippen molar-refractivity contribution in [2.45, 2.75) is 19.4 Å². The van der Waals surface area contributed by atoms with Gasteiger partial charge in [0.2, 0.25) is 0 Å². The van der Waals surface area contributed by atoms with Crippen molar-refractivity contribution in [2.24, 2.45) is 0 Å². The topological polar surface area (TPSA) is 61.0 Å². The quantitative estimate of drug-likeness (QED) is 0.728. The van der Waals surface area contributed by atoms with E-state index in [1.54, 1.807) is 0 Å². The molecular weight excluding hydrogens is 192 g/mol. The molecule has 0 saturated heterocycles. The van der Waals surface area contributed by atoms with E-state index in [1.165, 1.54) is 0 Å². The third-order valence-electron chi connectivity index (χ3n) is 2.43. The molecule has 2 heterocycles. The van der Waals surface area contributed by atoms with Gasteiger partial charge in [-0.3, -0.25) is 4.79 Å².